The van der Waals surface area contributed by atoms with Gasteiger partial charge in [0.05, 0.1) is 26.4 Å². The Hall–Kier alpha value is -1.94. The van der Waals surface area contributed by atoms with Gasteiger partial charge in [0.1, 0.15) is 19.3 Å². The van der Waals surface area contributed by atoms with Gasteiger partial charge in [0.15, 0.2) is 12.2 Å². The number of carbonyl (C=O) groups is 4. The van der Waals surface area contributed by atoms with E-state index in [1.54, 1.807) is 0 Å². The van der Waals surface area contributed by atoms with Crippen LogP contribution in [-0.4, -0.2) is 96.7 Å². The Labute approximate surface area is 537 Å². The fourth-order valence-electron chi connectivity index (χ4n) is 10.4. The Morgan fingerprint density at radius 3 is 0.807 bits per heavy atom. The van der Waals surface area contributed by atoms with Crippen molar-refractivity contribution in [1.29, 1.82) is 0 Å². The summed E-state index contributed by atoms with van der Waals surface area (Å²) in [6, 6.07) is 0. The van der Waals surface area contributed by atoms with Gasteiger partial charge in [0, 0.05) is 25.7 Å². The number of hydrogen-bond donors (Lipinski definition) is 3. The summed E-state index contributed by atoms with van der Waals surface area (Å²) in [6.07, 6.45) is 48.5. The highest BCUT2D eigenvalue weighted by Gasteiger charge is 2.30. The summed E-state index contributed by atoms with van der Waals surface area (Å²) >= 11 is 0. The third-order valence-corrected chi connectivity index (χ3v) is 18.3. The van der Waals surface area contributed by atoms with Crippen molar-refractivity contribution in [1.82, 2.24) is 0 Å². The van der Waals surface area contributed by atoms with E-state index in [-0.39, 0.29) is 25.7 Å². The van der Waals surface area contributed by atoms with Crippen molar-refractivity contribution in [3.05, 3.63) is 0 Å². The predicted molar refractivity (Wildman–Crippen MR) is 354 cm³/mol. The monoisotopic (exact) mass is 1300 g/mol. The maximum absolute atomic E-state index is 13.0. The lowest BCUT2D eigenvalue weighted by molar-refractivity contribution is -0.161. The average Bonchev–Trinajstić information content (AvgIpc) is 3.52. The topological polar surface area (TPSA) is 237 Å². The van der Waals surface area contributed by atoms with E-state index in [2.05, 4.69) is 34.6 Å². The molecule has 0 aliphatic carbocycles. The lowest BCUT2D eigenvalue weighted by atomic mass is 9.99. The molecule has 522 valence electrons. The van der Waals surface area contributed by atoms with E-state index in [9.17, 15) is 43.2 Å². The minimum Gasteiger partial charge on any atom is -0.462 e. The van der Waals surface area contributed by atoms with Crippen LogP contribution in [0.25, 0.3) is 0 Å². The van der Waals surface area contributed by atoms with E-state index >= 15 is 0 Å². The van der Waals surface area contributed by atoms with Gasteiger partial charge in [0.2, 0.25) is 0 Å². The minimum atomic E-state index is -4.95. The van der Waals surface area contributed by atoms with Crippen molar-refractivity contribution in [3.8, 4) is 0 Å². The first kappa shape index (κ1) is 86.1. The SMILES string of the molecule is CCCCCCCCCCCCCCCC(=O)OC[C@H](COP(=O)(O)OC[C@@H](O)COP(=O)(O)OC[C@@H](COC(=O)CCCCCCCCCC)OC(=O)CCCCCCCCCCC)OC(=O)CCCCCCCCCCCCCCCCC(C)CC. The molecule has 0 heterocycles. The van der Waals surface area contributed by atoms with E-state index in [0.717, 1.165) is 102 Å². The Morgan fingerprint density at radius 2 is 0.545 bits per heavy atom. The molecule has 17 nitrogen and oxygen atoms in total. The van der Waals surface area contributed by atoms with Crippen molar-refractivity contribution < 1.29 is 80.2 Å². The van der Waals surface area contributed by atoms with Crippen molar-refractivity contribution in [2.45, 2.75) is 374 Å². The highest BCUT2D eigenvalue weighted by atomic mass is 31.2. The zero-order valence-corrected chi connectivity index (χ0v) is 58.6. The number of phosphoric ester groups is 2. The Kier molecular flexibility index (Phi) is 61.1. The summed E-state index contributed by atoms with van der Waals surface area (Å²) < 4.78 is 68.1. The number of rotatable bonds is 69. The molecule has 0 amide bonds. The van der Waals surface area contributed by atoms with Crippen LogP contribution in [0.2, 0.25) is 0 Å². The number of unbranched alkanes of at least 4 members (excludes halogenated alkanes) is 40. The molecule has 88 heavy (non-hydrogen) atoms. The van der Waals surface area contributed by atoms with E-state index in [0.29, 0.717) is 25.7 Å². The van der Waals surface area contributed by atoms with Gasteiger partial charge in [-0.05, 0) is 31.6 Å². The molecule has 0 radical (unpaired) electrons. The first-order valence-electron chi connectivity index (χ1n) is 36.2. The number of aliphatic hydroxyl groups is 1. The third kappa shape index (κ3) is 61.6. The fraction of sp³-hybridized carbons (Fsp3) is 0.942. The standard InChI is InChI=1S/C69H134O17P2/c1-6-10-13-16-19-22-23-26-30-34-38-43-48-53-67(72)80-59-65(86-69(74)55-50-45-40-35-31-28-25-24-27-29-33-36-41-46-51-62(5)9-4)61-84-88(77,78)82-57-63(70)56-81-87(75,76)83-60-64(58-79-66(71)52-47-42-37-21-18-15-12-8-3)85-68(73)54-49-44-39-32-20-17-14-11-7-2/h62-65,70H,6-61H2,1-5H3,(H,75,76)(H,77,78)/t62?,63-,64+,65+/m0/s1. The molecule has 0 fully saturated rings. The van der Waals surface area contributed by atoms with E-state index in [1.807, 2.05) is 0 Å². The van der Waals surface area contributed by atoms with Crippen LogP contribution in [0.15, 0.2) is 0 Å². The van der Waals surface area contributed by atoms with Gasteiger partial charge in [-0.15, -0.1) is 0 Å². The average molecular weight is 1300 g/mol. The Morgan fingerprint density at radius 1 is 0.318 bits per heavy atom. The maximum Gasteiger partial charge on any atom is 0.472 e. The molecule has 0 aliphatic rings. The molecule has 19 heteroatoms. The predicted octanol–water partition coefficient (Wildman–Crippen LogP) is 19.7. The number of hydrogen-bond acceptors (Lipinski definition) is 15. The number of phosphoric acid groups is 2. The summed E-state index contributed by atoms with van der Waals surface area (Å²) in [5.74, 6) is -1.28. The molecule has 0 saturated heterocycles. The molecular formula is C69H134O17P2. The van der Waals surface area contributed by atoms with Gasteiger partial charge >= 0.3 is 39.5 Å². The first-order valence-corrected chi connectivity index (χ1v) is 39.2. The van der Waals surface area contributed by atoms with Crippen LogP contribution in [0, 0.1) is 5.92 Å². The molecule has 0 saturated carbocycles. The number of esters is 4. The van der Waals surface area contributed by atoms with Crippen molar-refractivity contribution >= 4 is 39.5 Å². The quantitative estimate of drug-likeness (QED) is 0.0222. The molecule has 3 N–H and O–H groups in total. The largest absolute Gasteiger partial charge is 0.472 e. The van der Waals surface area contributed by atoms with Crippen LogP contribution in [-0.2, 0) is 65.4 Å². The summed E-state index contributed by atoms with van der Waals surface area (Å²) in [4.78, 5) is 72.3. The van der Waals surface area contributed by atoms with Crippen LogP contribution >= 0.6 is 15.6 Å². The van der Waals surface area contributed by atoms with Gasteiger partial charge in [-0.1, -0.05) is 304 Å². The number of ether oxygens (including phenoxy) is 4. The molecule has 0 aromatic rings. The summed E-state index contributed by atoms with van der Waals surface area (Å²) in [5, 5.41) is 10.6. The molecule has 0 bridgehead atoms. The summed E-state index contributed by atoms with van der Waals surface area (Å²) in [5.41, 5.74) is 0. The van der Waals surface area contributed by atoms with Crippen molar-refractivity contribution in [3.63, 3.8) is 0 Å². The molecule has 0 aromatic carbocycles. The second-order valence-corrected chi connectivity index (χ2v) is 28.1. The van der Waals surface area contributed by atoms with Crippen LogP contribution < -0.4 is 0 Å². The van der Waals surface area contributed by atoms with Gasteiger partial charge in [0.25, 0.3) is 0 Å². The van der Waals surface area contributed by atoms with E-state index in [4.69, 9.17) is 37.0 Å². The second-order valence-electron chi connectivity index (χ2n) is 25.2. The molecule has 3 unspecified atom stereocenters. The lowest BCUT2D eigenvalue weighted by Gasteiger charge is -2.21. The summed E-state index contributed by atoms with van der Waals surface area (Å²) in [6.45, 7) is 7.25. The smallest absolute Gasteiger partial charge is 0.462 e. The normalized spacial score (nSPS) is 14.4. The lowest BCUT2D eigenvalue weighted by Crippen LogP contribution is -2.30. The van der Waals surface area contributed by atoms with Crippen molar-refractivity contribution in [2.75, 3.05) is 39.6 Å². The summed E-state index contributed by atoms with van der Waals surface area (Å²) in [7, 11) is -9.89. The van der Waals surface area contributed by atoms with Gasteiger partial charge in [-0.3, -0.25) is 37.3 Å². The van der Waals surface area contributed by atoms with E-state index in [1.165, 1.54) is 173 Å². The highest BCUT2D eigenvalue weighted by molar-refractivity contribution is 7.47. The third-order valence-electron chi connectivity index (χ3n) is 16.4. The van der Waals surface area contributed by atoms with Gasteiger partial charge in [-0.25, -0.2) is 9.13 Å². The van der Waals surface area contributed by atoms with Gasteiger partial charge in [-0.2, -0.15) is 0 Å². The van der Waals surface area contributed by atoms with Crippen molar-refractivity contribution in [2.24, 2.45) is 5.92 Å². The molecule has 0 rings (SSSR count). The van der Waals surface area contributed by atoms with Crippen LogP contribution in [0.3, 0.4) is 0 Å². The Balaban J connectivity index is 5.19. The molecule has 0 aliphatic heterocycles. The number of aliphatic hydroxyl groups excluding tert-OH is 1. The molecule has 6 atom stereocenters. The fourth-order valence-corrected chi connectivity index (χ4v) is 12.0. The molecule has 0 aromatic heterocycles. The van der Waals surface area contributed by atoms with Gasteiger partial charge < -0.3 is 33.8 Å². The zero-order valence-electron chi connectivity index (χ0n) is 56.9. The number of carbonyl (C=O) groups excluding carboxylic acids is 4. The van der Waals surface area contributed by atoms with E-state index < -0.39 is 97.5 Å². The van der Waals surface area contributed by atoms with Crippen LogP contribution in [0.5, 0.6) is 0 Å². The molecular weight excluding hydrogens is 1160 g/mol. The van der Waals surface area contributed by atoms with Crippen LogP contribution in [0.4, 0.5) is 0 Å². The van der Waals surface area contributed by atoms with Crippen LogP contribution in [0.1, 0.15) is 356 Å². The minimum absolute atomic E-state index is 0.106. The molecule has 0 spiro atoms. The first-order chi connectivity index (χ1) is 42.6. The maximum atomic E-state index is 13.0. The zero-order chi connectivity index (χ0) is 64.9. The Bertz CT molecular complexity index is 1710. The second kappa shape index (κ2) is 62.5. The highest BCUT2D eigenvalue weighted by Crippen LogP contribution is 2.45.